The van der Waals surface area contributed by atoms with E-state index in [4.69, 9.17) is 0 Å². The number of aliphatic hydroxyl groups excluding tert-OH is 1. The Labute approximate surface area is 143 Å². The quantitative estimate of drug-likeness (QED) is 0.750. The molecular weight excluding hydrogens is 308 g/mol. The second-order valence-electron chi connectivity index (χ2n) is 6.07. The monoisotopic (exact) mass is 336 g/mol. The van der Waals surface area contributed by atoms with Gasteiger partial charge in [0.1, 0.15) is 0 Å². The van der Waals surface area contributed by atoms with Crippen molar-refractivity contribution < 1.29 is 9.90 Å². The number of nitrogens with zero attached hydrogens (tertiary/aromatic N) is 1. The minimum Gasteiger partial charge on any atom is -0.392 e. The SMILES string of the molecule is CCC(O)C1CCCCN1CCC(=O)Nc1ccccc1SC. The molecule has 0 spiro atoms. The maximum absolute atomic E-state index is 12.3. The van der Waals surface area contributed by atoms with Gasteiger partial charge in [-0.05, 0) is 44.2 Å². The Morgan fingerprint density at radius 1 is 1.43 bits per heavy atom. The Kier molecular flexibility index (Phi) is 7.40. The fraction of sp³-hybridized carbons (Fsp3) is 0.611. The van der Waals surface area contributed by atoms with Crippen LogP contribution >= 0.6 is 11.8 Å². The highest BCUT2D eigenvalue weighted by molar-refractivity contribution is 7.98. The van der Waals surface area contributed by atoms with Crippen LogP contribution in [0.5, 0.6) is 0 Å². The number of rotatable bonds is 7. The minimum atomic E-state index is -0.282. The molecule has 2 atom stereocenters. The Hall–Kier alpha value is -1.04. The number of hydrogen-bond donors (Lipinski definition) is 2. The first-order valence-corrected chi connectivity index (χ1v) is 9.73. The number of piperidine rings is 1. The summed E-state index contributed by atoms with van der Waals surface area (Å²) in [6, 6.07) is 8.08. The summed E-state index contributed by atoms with van der Waals surface area (Å²) in [5, 5.41) is 13.2. The van der Waals surface area contributed by atoms with E-state index in [-0.39, 0.29) is 18.1 Å². The van der Waals surface area contributed by atoms with E-state index in [9.17, 15) is 9.90 Å². The molecule has 4 nitrogen and oxygen atoms in total. The lowest BCUT2D eigenvalue weighted by Gasteiger charge is -2.38. The first-order chi connectivity index (χ1) is 11.2. The van der Waals surface area contributed by atoms with Gasteiger partial charge in [-0.2, -0.15) is 0 Å². The molecule has 0 bridgehead atoms. The van der Waals surface area contributed by atoms with Gasteiger partial charge in [0.2, 0.25) is 5.91 Å². The largest absolute Gasteiger partial charge is 0.392 e. The molecule has 1 fully saturated rings. The summed E-state index contributed by atoms with van der Waals surface area (Å²) in [7, 11) is 0. The lowest BCUT2D eigenvalue weighted by atomic mass is 9.96. The van der Waals surface area contributed by atoms with Crippen molar-refractivity contribution >= 4 is 23.4 Å². The van der Waals surface area contributed by atoms with Gasteiger partial charge >= 0.3 is 0 Å². The molecule has 1 aromatic carbocycles. The Morgan fingerprint density at radius 3 is 2.96 bits per heavy atom. The molecule has 23 heavy (non-hydrogen) atoms. The van der Waals surface area contributed by atoms with Crippen molar-refractivity contribution in [3.8, 4) is 0 Å². The Balaban J connectivity index is 1.87. The maximum Gasteiger partial charge on any atom is 0.225 e. The van der Waals surface area contributed by atoms with Gasteiger partial charge in [0.05, 0.1) is 11.8 Å². The molecule has 128 valence electrons. The number of carbonyl (C=O) groups excluding carboxylic acids is 1. The number of hydrogen-bond acceptors (Lipinski definition) is 4. The van der Waals surface area contributed by atoms with Gasteiger partial charge in [0, 0.05) is 23.9 Å². The minimum absolute atomic E-state index is 0.0433. The van der Waals surface area contributed by atoms with Crippen molar-refractivity contribution in [3.05, 3.63) is 24.3 Å². The average Bonchev–Trinajstić information content (AvgIpc) is 2.60. The summed E-state index contributed by atoms with van der Waals surface area (Å²) < 4.78 is 0. The highest BCUT2D eigenvalue weighted by Crippen LogP contribution is 2.25. The van der Waals surface area contributed by atoms with E-state index in [1.54, 1.807) is 11.8 Å². The van der Waals surface area contributed by atoms with E-state index in [0.29, 0.717) is 6.42 Å². The molecule has 0 aromatic heterocycles. The molecule has 1 saturated heterocycles. The van der Waals surface area contributed by atoms with Crippen molar-refractivity contribution in [3.63, 3.8) is 0 Å². The summed E-state index contributed by atoms with van der Waals surface area (Å²) in [4.78, 5) is 15.6. The topological polar surface area (TPSA) is 52.6 Å². The van der Waals surface area contributed by atoms with E-state index >= 15 is 0 Å². The average molecular weight is 337 g/mol. The standard InChI is InChI=1S/C18H28N2O2S/c1-3-16(21)15-9-6-7-12-20(15)13-11-18(22)19-14-8-4-5-10-17(14)23-2/h4-5,8,10,15-16,21H,3,6-7,9,11-13H2,1-2H3,(H,19,22). The first-order valence-electron chi connectivity index (χ1n) is 8.50. The second-order valence-corrected chi connectivity index (χ2v) is 6.92. The summed E-state index contributed by atoms with van der Waals surface area (Å²) in [5.41, 5.74) is 0.883. The fourth-order valence-corrected chi connectivity index (χ4v) is 3.76. The Morgan fingerprint density at radius 2 is 2.22 bits per heavy atom. The van der Waals surface area contributed by atoms with Gasteiger partial charge in [0.25, 0.3) is 0 Å². The number of benzene rings is 1. The van der Waals surface area contributed by atoms with Crippen LogP contribution in [0.25, 0.3) is 0 Å². The van der Waals surface area contributed by atoms with Gasteiger partial charge in [-0.15, -0.1) is 11.8 Å². The third-order valence-electron chi connectivity index (χ3n) is 4.53. The number of carbonyl (C=O) groups is 1. The van der Waals surface area contributed by atoms with Gasteiger partial charge in [-0.3, -0.25) is 9.69 Å². The zero-order valence-corrected chi connectivity index (χ0v) is 14.9. The smallest absolute Gasteiger partial charge is 0.225 e. The number of likely N-dealkylation sites (tertiary alicyclic amines) is 1. The first kappa shape index (κ1) is 18.3. The van der Waals surface area contributed by atoms with Crippen LogP contribution in [0.2, 0.25) is 0 Å². The Bertz CT molecular complexity index is 510. The van der Waals surface area contributed by atoms with E-state index in [0.717, 1.165) is 42.9 Å². The summed E-state index contributed by atoms with van der Waals surface area (Å²) in [6.45, 7) is 3.72. The van der Waals surface area contributed by atoms with Crippen LogP contribution in [0.15, 0.2) is 29.2 Å². The third-order valence-corrected chi connectivity index (χ3v) is 5.33. The van der Waals surface area contributed by atoms with Crippen LogP contribution in [-0.4, -0.2) is 47.4 Å². The number of para-hydroxylation sites is 1. The molecule has 1 heterocycles. The molecule has 1 aromatic rings. The van der Waals surface area contributed by atoms with E-state index in [1.807, 2.05) is 37.4 Å². The van der Waals surface area contributed by atoms with Crippen molar-refractivity contribution in [2.75, 3.05) is 24.7 Å². The van der Waals surface area contributed by atoms with Crippen LogP contribution in [0.3, 0.4) is 0 Å². The summed E-state index contributed by atoms with van der Waals surface area (Å²) in [5.74, 6) is 0.0433. The highest BCUT2D eigenvalue weighted by Gasteiger charge is 2.27. The molecule has 2 rings (SSSR count). The van der Waals surface area contributed by atoms with Crippen LogP contribution < -0.4 is 5.32 Å². The van der Waals surface area contributed by atoms with Gasteiger partial charge in [-0.1, -0.05) is 25.5 Å². The molecule has 1 aliphatic heterocycles. The van der Waals surface area contributed by atoms with Crippen molar-refractivity contribution in [1.29, 1.82) is 0 Å². The number of nitrogens with one attached hydrogen (secondary N) is 1. The number of thioether (sulfide) groups is 1. The summed E-state index contributed by atoms with van der Waals surface area (Å²) >= 11 is 1.63. The van der Waals surface area contributed by atoms with Crippen LogP contribution in [-0.2, 0) is 4.79 Å². The zero-order chi connectivity index (χ0) is 16.7. The van der Waals surface area contributed by atoms with Crippen molar-refractivity contribution in [2.24, 2.45) is 0 Å². The van der Waals surface area contributed by atoms with E-state index in [2.05, 4.69) is 10.2 Å². The molecule has 1 amide bonds. The van der Waals surface area contributed by atoms with Crippen molar-refractivity contribution in [1.82, 2.24) is 4.90 Å². The van der Waals surface area contributed by atoms with E-state index in [1.165, 1.54) is 6.42 Å². The number of amides is 1. The van der Waals surface area contributed by atoms with Crippen molar-refractivity contribution in [2.45, 2.75) is 56.1 Å². The maximum atomic E-state index is 12.3. The predicted octanol–water partition coefficient (Wildman–Crippen LogP) is 3.36. The molecule has 1 aliphatic rings. The molecule has 0 saturated carbocycles. The lowest BCUT2D eigenvalue weighted by molar-refractivity contribution is -0.117. The second kappa shape index (κ2) is 9.30. The number of anilines is 1. The van der Waals surface area contributed by atoms with Gasteiger partial charge in [-0.25, -0.2) is 0 Å². The lowest BCUT2D eigenvalue weighted by Crippen LogP contribution is -2.47. The van der Waals surface area contributed by atoms with Crippen LogP contribution in [0, 0.1) is 0 Å². The molecule has 2 N–H and O–H groups in total. The third kappa shape index (κ3) is 5.23. The van der Waals surface area contributed by atoms with Crippen LogP contribution in [0.4, 0.5) is 5.69 Å². The summed E-state index contributed by atoms with van der Waals surface area (Å²) in [6.07, 6.45) is 6.33. The fourth-order valence-electron chi connectivity index (χ4n) is 3.21. The molecule has 5 heteroatoms. The molecular formula is C18H28N2O2S. The number of aliphatic hydroxyl groups is 1. The zero-order valence-electron chi connectivity index (χ0n) is 14.1. The highest BCUT2D eigenvalue weighted by atomic mass is 32.2. The molecule has 2 unspecified atom stereocenters. The molecule has 0 aliphatic carbocycles. The predicted molar refractivity (Wildman–Crippen MR) is 97.0 cm³/mol. The van der Waals surface area contributed by atoms with E-state index < -0.39 is 0 Å². The van der Waals surface area contributed by atoms with Crippen LogP contribution in [0.1, 0.15) is 39.0 Å². The van der Waals surface area contributed by atoms with Gasteiger partial charge < -0.3 is 10.4 Å². The molecule has 0 radical (unpaired) electrons. The normalized spacial score (nSPS) is 20.2. The van der Waals surface area contributed by atoms with Gasteiger partial charge in [0.15, 0.2) is 0 Å².